The van der Waals surface area contributed by atoms with Gasteiger partial charge in [0.15, 0.2) is 5.65 Å². The van der Waals surface area contributed by atoms with E-state index in [4.69, 9.17) is 9.72 Å². The van der Waals surface area contributed by atoms with Crippen LogP contribution in [0.2, 0.25) is 0 Å². The summed E-state index contributed by atoms with van der Waals surface area (Å²) in [4.78, 5) is 59.6. The summed E-state index contributed by atoms with van der Waals surface area (Å²) in [6.45, 7) is 10.2. The number of nitrogens with zero attached hydrogens (tertiary/aromatic N) is 6. The lowest BCUT2D eigenvalue weighted by Crippen LogP contribution is -2.45. The second-order valence-corrected chi connectivity index (χ2v) is 13.3. The first-order valence-electron chi connectivity index (χ1n) is 15.1. The molecule has 12 nitrogen and oxygen atoms in total. The fourth-order valence-corrected chi connectivity index (χ4v) is 7.07. The highest BCUT2D eigenvalue weighted by molar-refractivity contribution is 6.05. The fraction of sp³-hybridized carbons (Fsp3) is 0.516. The monoisotopic (exact) mass is 586 g/mol. The maximum Gasteiger partial charge on any atom is 0.410 e. The molecule has 7 rings (SSSR count). The lowest BCUT2D eigenvalue weighted by molar-refractivity contribution is 0.0225. The molecule has 6 heterocycles. The van der Waals surface area contributed by atoms with E-state index in [1.807, 2.05) is 49.4 Å². The maximum absolute atomic E-state index is 13.9. The number of amides is 2. The Bertz CT molecular complexity index is 1790. The lowest BCUT2D eigenvalue weighted by Gasteiger charge is -2.28. The van der Waals surface area contributed by atoms with Gasteiger partial charge in [-0.15, -0.1) is 0 Å². The summed E-state index contributed by atoms with van der Waals surface area (Å²) in [6.07, 6.45) is 2.73. The number of H-pyrrole nitrogens is 1. The number of carbonyl (C=O) groups excluding carboxylic acids is 2. The number of fused-ring (bicyclic) bond motifs is 6. The SMILES string of the molecule is CN1CC2CN(c3ncc4c(=O)c(C(=O)NCC5CCCN5C(=O)OC(C)(C)C)c5[nH]c6ccccc6n5c4n3)CC2C1. The Balaban J connectivity index is 1.23. The van der Waals surface area contributed by atoms with Gasteiger partial charge in [0.1, 0.15) is 16.8 Å². The van der Waals surface area contributed by atoms with Crippen molar-refractivity contribution >= 4 is 45.7 Å². The van der Waals surface area contributed by atoms with Gasteiger partial charge in [0, 0.05) is 45.5 Å². The van der Waals surface area contributed by atoms with Crippen LogP contribution in [0.25, 0.3) is 27.7 Å². The van der Waals surface area contributed by atoms with Gasteiger partial charge in [0.05, 0.1) is 22.5 Å². The molecule has 3 atom stereocenters. The smallest absolute Gasteiger partial charge is 0.410 e. The molecule has 3 aromatic heterocycles. The Labute approximate surface area is 249 Å². The van der Waals surface area contributed by atoms with Crippen LogP contribution in [0.4, 0.5) is 10.7 Å². The van der Waals surface area contributed by atoms with Gasteiger partial charge in [-0.25, -0.2) is 9.78 Å². The van der Waals surface area contributed by atoms with Gasteiger partial charge in [-0.05, 0) is 64.6 Å². The number of imidazole rings is 1. The van der Waals surface area contributed by atoms with Crippen LogP contribution in [0.3, 0.4) is 0 Å². The summed E-state index contributed by atoms with van der Waals surface area (Å²) in [7, 11) is 2.16. The molecule has 0 saturated carbocycles. The Morgan fingerprint density at radius 2 is 1.86 bits per heavy atom. The van der Waals surface area contributed by atoms with Crippen molar-refractivity contribution in [2.45, 2.75) is 45.3 Å². The maximum atomic E-state index is 13.9. The van der Waals surface area contributed by atoms with E-state index >= 15 is 0 Å². The molecule has 3 unspecified atom stereocenters. The molecular formula is C31H38N8O4. The van der Waals surface area contributed by atoms with Crippen LogP contribution < -0.4 is 15.6 Å². The number of hydrogen-bond donors (Lipinski definition) is 2. The van der Waals surface area contributed by atoms with E-state index in [1.54, 1.807) is 11.1 Å². The summed E-state index contributed by atoms with van der Waals surface area (Å²) < 4.78 is 7.43. The van der Waals surface area contributed by atoms with Gasteiger partial charge in [0.2, 0.25) is 11.4 Å². The van der Waals surface area contributed by atoms with Crippen molar-refractivity contribution in [2.24, 2.45) is 11.8 Å². The Morgan fingerprint density at radius 3 is 2.60 bits per heavy atom. The molecule has 2 N–H and O–H groups in total. The molecular weight excluding hydrogens is 548 g/mol. The Hall–Kier alpha value is -4.19. The van der Waals surface area contributed by atoms with Gasteiger partial charge >= 0.3 is 6.09 Å². The van der Waals surface area contributed by atoms with E-state index in [-0.39, 0.29) is 23.5 Å². The number of carbonyl (C=O) groups is 2. The van der Waals surface area contributed by atoms with E-state index in [2.05, 4.69) is 32.1 Å². The average Bonchev–Trinajstić information content (AvgIpc) is 3.72. The molecule has 1 aromatic carbocycles. The highest BCUT2D eigenvalue weighted by Crippen LogP contribution is 2.33. The lowest BCUT2D eigenvalue weighted by atomic mass is 10.0. The third-order valence-electron chi connectivity index (χ3n) is 8.98. The minimum absolute atomic E-state index is 0.000562. The number of aromatic nitrogens is 4. The first kappa shape index (κ1) is 27.6. The summed E-state index contributed by atoms with van der Waals surface area (Å²) in [5, 5.41) is 3.22. The first-order valence-corrected chi connectivity index (χ1v) is 15.1. The number of ether oxygens (including phenoxy) is 1. The number of para-hydroxylation sites is 2. The number of pyridine rings is 1. The van der Waals surface area contributed by atoms with Crippen molar-refractivity contribution in [1.82, 2.24) is 34.5 Å². The van der Waals surface area contributed by atoms with Gasteiger partial charge in [-0.3, -0.25) is 14.0 Å². The predicted octanol–water partition coefficient (Wildman–Crippen LogP) is 2.85. The summed E-state index contributed by atoms with van der Waals surface area (Å²) in [6, 6.07) is 7.47. The molecule has 3 fully saturated rings. The number of nitrogens with one attached hydrogen (secondary N) is 2. The average molecular weight is 587 g/mol. The second-order valence-electron chi connectivity index (χ2n) is 13.3. The Kier molecular flexibility index (Phi) is 6.57. The van der Waals surface area contributed by atoms with Crippen molar-refractivity contribution in [3.05, 3.63) is 46.2 Å². The van der Waals surface area contributed by atoms with Crippen molar-refractivity contribution in [3.63, 3.8) is 0 Å². The molecule has 4 aromatic rings. The van der Waals surface area contributed by atoms with Gasteiger partial charge in [-0.1, -0.05) is 12.1 Å². The zero-order valence-electron chi connectivity index (χ0n) is 25.1. The normalized spacial score (nSPS) is 22.7. The van der Waals surface area contributed by atoms with Crippen LogP contribution >= 0.6 is 0 Å². The standard InChI is InChI=1S/C31H38N8O4/c1-31(2,3)43-30(42)38-11-7-8-20(38)12-32-28(41)24-25(40)21-13-33-29(37-16-18-14-36(4)15-19(18)17-37)35-26(21)39-23-10-6-5-9-22(23)34-27(24)39/h5-6,9-10,13,18-20,34H,7-8,11-12,14-17H2,1-4H3,(H,32,41). The zero-order valence-corrected chi connectivity index (χ0v) is 25.1. The molecule has 3 aliphatic rings. The molecule has 12 heteroatoms. The summed E-state index contributed by atoms with van der Waals surface area (Å²) >= 11 is 0. The highest BCUT2D eigenvalue weighted by atomic mass is 16.6. The third kappa shape index (κ3) is 4.87. The molecule has 2 amide bonds. The van der Waals surface area contributed by atoms with Crippen LogP contribution in [0.1, 0.15) is 44.0 Å². The third-order valence-corrected chi connectivity index (χ3v) is 8.98. The number of aromatic amines is 1. The van der Waals surface area contributed by atoms with Crippen LogP contribution in [0.15, 0.2) is 35.3 Å². The molecule has 0 bridgehead atoms. The van der Waals surface area contributed by atoms with E-state index in [1.165, 1.54) is 0 Å². The molecule has 0 aliphatic carbocycles. The quantitative estimate of drug-likeness (QED) is 0.374. The number of likely N-dealkylation sites (tertiary alicyclic amines) is 2. The van der Waals surface area contributed by atoms with Crippen molar-refractivity contribution in [1.29, 1.82) is 0 Å². The zero-order chi connectivity index (χ0) is 30.0. The van der Waals surface area contributed by atoms with E-state index < -0.39 is 23.0 Å². The molecule has 3 aliphatic heterocycles. The van der Waals surface area contributed by atoms with E-state index in [0.29, 0.717) is 35.6 Å². The fourth-order valence-electron chi connectivity index (χ4n) is 7.07. The number of hydrogen-bond acceptors (Lipinski definition) is 8. The summed E-state index contributed by atoms with van der Waals surface area (Å²) in [5.41, 5.74) is 1.42. The van der Waals surface area contributed by atoms with Gasteiger partial charge in [0.25, 0.3) is 5.91 Å². The minimum Gasteiger partial charge on any atom is -0.444 e. The van der Waals surface area contributed by atoms with Crippen molar-refractivity contribution in [3.8, 4) is 0 Å². The van der Waals surface area contributed by atoms with E-state index in [0.717, 1.165) is 50.1 Å². The largest absolute Gasteiger partial charge is 0.444 e. The number of rotatable bonds is 4. The molecule has 0 spiro atoms. The van der Waals surface area contributed by atoms with Crippen molar-refractivity contribution < 1.29 is 14.3 Å². The van der Waals surface area contributed by atoms with Crippen LogP contribution in [0.5, 0.6) is 0 Å². The molecule has 0 radical (unpaired) electrons. The first-order chi connectivity index (χ1) is 20.6. The second kappa shape index (κ2) is 10.2. The van der Waals surface area contributed by atoms with Gasteiger partial charge < -0.3 is 29.7 Å². The highest BCUT2D eigenvalue weighted by Gasteiger charge is 2.40. The molecule has 226 valence electrons. The number of anilines is 1. The van der Waals surface area contributed by atoms with Crippen LogP contribution in [-0.2, 0) is 4.74 Å². The number of benzene rings is 1. The topological polar surface area (TPSA) is 128 Å². The predicted molar refractivity (Wildman–Crippen MR) is 164 cm³/mol. The van der Waals surface area contributed by atoms with Crippen LogP contribution in [-0.4, -0.2) is 99.1 Å². The van der Waals surface area contributed by atoms with Crippen LogP contribution in [0, 0.1) is 11.8 Å². The van der Waals surface area contributed by atoms with E-state index in [9.17, 15) is 14.4 Å². The molecule has 3 saturated heterocycles. The minimum atomic E-state index is -0.610. The Morgan fingerprint density at radius 1 is 1.12 bits per heavy atom. The van der Waals surface area contributed by atoms with Crippen molar-refractivity contribution in [2.75, 3.05) is 51.2 Å². The molecule has 43 heavy (non-hydrogen) atoms. The summed E-state index contributed by atoms with van der Waals surface area (Å²) in [5.74, 6) is 1.26. The van der Waals surface area contributed by atoms with Gasteiger partial charge in [-0.2, -0.15) is 4.98 Å².